The number of benzene rings is 4. The van der Waals surface area contributed by atoms with E-state index < -0.39 is 0 Å². The van der Waals surface area contributed by atoms with Crippen LogP contribution in [0.25, 0.3) is 0 Å². The predicted molar refractivity (Wildman–Crippen MR) is 195 cm³/mol. The fourth-order valence-electron chi connectivity index (χ4n) is 6.51. The zero-order valence-corrected chi connectivity index (χ0v) is 30.0. The van der Waals surface area contributed by atoms with Crippen molar-refractivity contribution in [1.82, 2.24) is 9.80 Å². The Morgan fingerprint density at radius 2 is 1.08 bits per heavy atom. The van der Waals surface area contributed by atoms with Crippen LogP contribution in [-0.2, 0) is 35.2 Å². The van der Waals surface area contributed by atoms with Gasteiger partial charge in [0, 0.05) is 41.8 Å². The van der Waals surface area contributed by atoms with Crippen molar-refractivity contribution in [1.29, 1.82) is 0 Å². The van der Waals surface area contributed by atoms with E-state index in [9.17, 15) is 9.59 Å². The molecule has 1 saturated heterocycles. The van der Waals surface area contributed by atoms with Gasteiger partial charge in [0.15, 0.2) is 0 Å². The Morgan fingerprint density at radius 1 is 0.625 bits per heavy atom. The lowest BCUT2D eigenvalue weighted by atomic mass is 9.77. The van der Waals surface area contributed by atoms with E-state index in [0.717, 1.165) is 59.8 Å². The number of carbonyl (C=O) groups excluding carboxylic acids is 2. The Morgan fingerprint density at radius 3 is 1.58 bits per heavy atom. The van der Waals surface area contributed by atoms with Crippen LogP contribution in [0.3, 0.4) is 0 Å². The van der Waals surface area contributed by atoms with Crippen molar-refractivity contribution in [3.63, 3.8) is 0 Å². The molecule has 248 valence electrons. The first-order valence-corrected chi connectivity index (χ1v) is 17.7. The maximum atomic E-state index is 13.0. The minimum atomic E-state index is -0.378. The summed E-state index contributed by atoms with van der Waals surface area (Å²) < 4.78 is 13.5. The summed E-state index contributed by atoms with van der Waals surface area (Å²) in [5.74, 6) is 0.216. The summed E-state index contributed by atoms with van der Waals surface area (Å²) in [4.78, 5) is 29.4. The van der Waals surface area contributed by atoms with E-state index in [0.29, 0.717) is 13.1 Å². The van der Waals surface area contributed by atoms with Gasteiger partial charge < -0.3 is 19.1 Å². The second-order valence-corrected chi connectivity index (χ2v) is 14.8. The Balaban J connectivity index is 0.000000177. The summed E-state index contributed by atoms with van der Waals surface area (Å²) in [6.07, 6.45) is 4.02. The van der Waals surface area contributed by atoms with Crippen molar-refractivity contribution < 1.29 is 18.9 Å². The van der Waals surface area contributed by atoms with Gasteiger partial charge in [-0.25, -0.2) is 0 Å². The van der Waals surface area contributed by atoms with E-state index in [1.165, 1.54) is 22.3 Å². The van der Waals surface area contributed by atoms with Crippen molar-refractivity contribution in [3.05, 3.63) is 135 Å². The molecule has 0 spiro atoms. The predicted octanol–water partition coefficient (Wildman–Crippen LogP) is 7.61. The highest BCUT2D eigenvalue weighted by Gasteiger charge is 2.51. The van der Waals surface area contributed by atoms with Crippen LogP contribution in [0.15, 0.2) is 102 Å². The third kappa shape index (κ3) is 7.62. The van der Waals surface area contributed by atoms with Gasteiger partial charge in [0.2, 0.25) is 0 Å². The maximum Gasteiger partial charge on any atom is 0.494 e. The van der Waals surface area contributed by atoms with Gasteiger partial charge in [-0.3, -0.25) is 9.59 Å². The molecule has 4 aromatic rings. The van der Waals surface area contributed by atoms with E-state index in [-0.39, 0.29) is 30.1 Å². The quantitative estimate of drug-likeness (QED) is 0.206. The standard InChI is InChI=1S/C23H28BNO3.C17H16BrNO/c1-22(2)23(3,4)28-24(27-22)20-13-12-17-11-8-14-25(16-19(17)15-20)21(26)18-9-6-5-7-10-18;18-16-9-8-13-7-4-10-19(12-15(13)11-16)17(20)14-5-2-1-3-6-14/h5-7,9-10,12-13,15H,8,11,14,16H2,1-4H3;1-3,5-6,8-9,11H,4,7,10,12H2. The molecule has 0 N–H and O–H groups in total. The Bertz CT molecular complexity index is 1750. The lowest BCUT2D eigenvalue weighted by molar-refractivity contribution is 0.00578. The summed E-state index contributed by atoms with van der Waals surface area (Å²) in [6.45, 7) is 11.2. The van der Waals surface area contributed by atoms with Crippen LogP contribution in [0, 0.1) is 0 Å². The fraction of sp³-hybridized carbons (Fsp3) is 0.350. The van der Waals surface area contributed by atoms with Crippen molar-refractivity contribution in [2.45, 2.75) is 77.7 Å². The normalized spacial score (nSPS) is 18.1. The first kappa shape index (κ1) is 34.2. The molecular weight excluding hydrogens is 663 g/mol. The van der Waals surface area contributed by atoms with Crippen LogP contribution in [0.4, 0.5) is 0 Å². The van der Waals surface area contributed by atoms with Crippen LogP contribution in [0.5, 0.6) is 0 Å². The van der Waals surface area contributed by atoms with E-state index in [1.807, 2.05) is 70.5 Å². The lowest BCUT2D eigenvalue weighted by Gasteiger charge is -2.32. The topological polar surface area (TPSA) is 59.1 Å². The molecule has 0 saturated carbocycles. The lowest BCUT2D eigenvalue weighted by Crippen LogP contribution is -2.41. The first-order chi connectivity index (χ1) is 23.0. The van der Waals surface area contributed by atoms with Gasteiger partial charge in [0.05, 0.1) is 11.2 Å². The van der Waals surface area contributed by atoms with Crippen molar-refractivity contribution in [3.8, 4) is 0 Å². The molecule has 0 bridgehead atoms. The van der Waals surface area contributed by atoms with Crippen LogP contribution >= 0.6 is 15.9 Å². The smallest absolute Gasteiger partial charge is 0.399 e. The van der Waals surface area contributed by atoms with Crippen molar-refractivity contribution >= 4 is 40.3 Å². The van der Waals surface area contributed by atoms with Crippen LogP contribution in [0.1, 0.15) is 83.5 Å². The molecule has 7 rings (SSSR count). The van der Waals surface area contributed by atoms with E-state index in [1.54, 1.807) is 0 Å². The molecule has 1 fully saturated rings. The second-order valence-electron chi connectivity index (χ2n) is 13.9. The monoisotopic (exact) mass is 706 g/mol. The summed E-state index contributed by atoms with van der Waals surface area (Å²) in [7, 11) is -0.378. The van der Waals surface area contributed by atoms with Crippen molar-refractivity contribution in [2.75, 3.05) is 13.1 Å². The molecule has 0 aromatic heterocycles. The van der Waals surface area contributed by atoms with Gasteiger partial charge >= 0.3 is 7.12 Å². The Hall–Kier alpha value is -3.72. The number of hydrogen-bond donors (Lipinski definition) is 0. The highest BCUT2D eigenvalue weighted by molar-refractivity contribution is 9.10. The highest BCUT2D eigenvalue weighted by atomic mass is 79.9. The number of amides is 2. The number of halogens is 1. The first-order valence-electron chi connectivity index (χ1n) is 16.9. The molecule has 0 unspecified atom stereocenters. The molecule has 3 aliphatic rings. The summed E-state index contributed by atoms with van der Waals surface area (Å²) >= 11 is 3.51. The average molecular weight is 708 g/mol. The van der Waals surface area contributed by atoms with Crippen LogP contribution < -0.4 is 5.46 Å². The minimum absolute atomic E-state index is 0.0921. The third-order valence-electron chi connectivity index (χ3n) is 10.0. The molecule has 0 radical (unpaired) electrons. The molecule has 0 atom stereocenters. The van der Waals surface area contributed by atoms with Gasteiger partial charge in [-0.1, -0.05) is 76.6 Å². The van der Waals surface area contributed by atoms with Gasteiger partial charge in [0.1, 0.15) is 0 Å². The zero-order valence-electron chi connectivity index (χ0n) is 28.4. The number of rotatable bonds is 3. The van der Waals surface area contributed by atoms with Crippen LogP contribution in [0.2, 0.25) is 0 Å². The molecule has 0 aliphatic carbocycles. The average Bonchev–Trinajstić information content (AvgIpc) is 3.29. The van der Waals surface area contributed by atoms with E-state index in [2.05, 4.69) is 80.0 Å². The number of fused-ring (bicyclic) bond motifs is 2. The Kier molecular flexibility index (Phi) is 10.3. The number of carbonyl (C=O) groups is 2. The molecule has 4 aromatic carbocycles. The second kappa shape index (κ2) is 14.4. The van der Waals surface area contributed by atoms with E-state index in [4.69, 9.17) is 9.31 Å². The molecule has 3 heterocycles. The van der Waals surface area contributed by atoms with Crippen LogP contribution in [-0.4, -0.2) is 53.0 Å². The molecule has 8 heteroatoms. The van der Waals surface area contributed by atoms with Gasteiger partial charge in [-0.15, -0.1) is 0 Å². The molecule has 2 amide bonds. The maximum absolute atomic E-state index is 13.0. The minimum Gasteiger partial charge on any atom is -0.399 e. The highest BCUT2D eigenvalue weighted by Crippen LogP contribution is 2.36. The fourth-order valence-corrected chi connectivity index (χ4v) is 6.92. The molecule has 48 heavy (non-hydrogen) atoms. The molecule has 6 nitrogen and oxygen atoms in total. The van der Waals surface area contributed by atoms with Gasteiger partial charge in [0.25, 0.3) is 11.8 Å². The summed E-state index contributed by atoms with van der Waals surface area (Å²) in [5.41, 5.74) is 6.92. The zero-order chi connectivity index (χ0) is 33.9. The SMILES string of the molecule is CC1(C)OB(c2ccc3c(c2)CN(C(=O)c2ccccc2)CCC3)OC1(C)C.O=C(c1ccccc1)N1CCCc2ccc(Br)cc2C1. The van der Waals surface area contributed by atoms with Gasteiger partial charge in [-0.2, -0.15) is 0 Å². The molecular formula is C40H44BBrN2O4. The molecule has 3 aliphatic heterocycles. The summed E-state index contributed by atoms with van der Waals surface area (Å²) in [5, 5.41) is 0. The number of aryl methyl sites for hydroxylation is 2. The number of hydrogen-bond acceptors (Lipinski definition) is 4. The summed E-state index contributed by atoms with van der Waals surface area (Å²) in [6, 6.07) is 31.9. The Labute approximate surface area is 293 Å². The number of nitrogens with zero attached hydrogens (tertiary/aromatic N) is 2. The largest absolute Gasteiger partial charge is 0.494 e. The van der Waals surface area contributed by atoms with Gasteiger partial charge in [-0.05, 0) is 117 Å². The van der Waals surface area contributed by atoms with Crippen molar-refractivity contribution in [2.24, 2.45) is 0 Å². The third-order valence-corrected chi connectivity index (χ3v) is 10.5. The van der Waals surface area contributed by atoms with E-state index >= 15 is 0 Å².